The molecular weight excluding hydrogens is 378 g/mol. The topological polar surface area (TPSA) is 88.1 Å². The van der Waals surface area contributed by atoms with Gasteiger partial charge in [-0.05, 0) is 55.7 Å². The first-order valence-electron chi connectivity index (χ1n) is 10.2. The van der Waals surface area contributed by atoms with E-state index in [9.17, 15) is 0 Å². The van der Waals surface area contributed by atoms with Crippen LogP contribution in [0.5, 0.6) is 5.75 Å². The maximum atomic E-state index is 6.24. The molecular formula is C23H25N5O2. The quantitative estimate of drug-likeness (QED) is 0.519. The number of fused-ring (bicyclic) bond motifs is 2. The number of rotatable bonds is 6. The molecule has 2 aromatic carbocycles. The fraction of sp³-hybridized carbons (Fsp3) is 0.348. The van der Waals surface area contributed by atoms with Crippen LogP contribution in [0.2, 0.25) is 0 Å². The van der Waals surface area contributed by atoms with E-state index in [-0.39, 0.29) is 0 Å². The number of anilines is 1. The second-order valence-electron chi connectivity index (χ2n) is 8.47. The third-order valence-electron chi connectivity index (χ3n) is 5.55. The summed E-state index contributed by atoms with van der Waals surface area (Å²) in [7, 11) is 1.69. The van der Waals surface area contributed by atoms with Crippen molar-refractivity contribution in [2.75, 3.05) is 12.8 Å². The lowest BCUT2D eigenvalue weighted by molar-refractivity contribution is 0.00635. The highest BCUT2D eigenvalue weighted by atomic mass is 16.5. The normalized spacial score (nSPS) is 14.5. The molecule has 5 rings (SSSR count). The highest BCUT2D eigenvalue weighted by molar-refractivity contribution is 6.00. The molecule has 2 aromatic heterocycles. The van der Waals surface area contributed by atoms with E-state index >= 15 is 0 Å². The van der Waals surface area contributed by atoms with E-state index in [4.69, 9.17) is 20.3 Å². The molecule has 7 heteroatoms. The summed E-state index contributed by atoms with van der Waals surface area (Å²) in [4.78, 5) is 8.65. The van der Waals surface area contributed by atoms with Crippen LogP contribution < -0.4 is 10.5 Å². The molecule has 0 aliphatic heterocycles. The number of methoxy groups -OCH3 is 1. The molecule has 2 heterocycles. The van der Waals surface area contributed by atoms with Gasteiger partial charge in [-0.2, -0.15) is 5.10 Å². The maximum absolute atomic E-state index is 6.24. The van der Waals surface area contributed by atoms with Gasteiger partial charge in [0.25, 0.3) is 0 Å². The van der Waals surface area contributed by atoms with Gasteiger partial charge >= 0.3 is 0 Å². The van der Waals surface area contributed by atoms with Crippen LogP contribution in [-0.4, -0.2) is 38.6 Å². The summed E-state index contributed by atoms with van der Waals surface area (Å²) >= 11 is 0. The molecule has 4 aromatic rings. The van der Waals surface area contributed by atoms with E-state index in [1.165, 1.54) is 6.33 Å². The second-order valence-corrected chi connectivity index (χ2v) is 8.47. The number of hydrogen-bond acceptors (Lipinski definition) is 6. The lowest BCUT2D eigenvalue weighted by atomic mass is 10.0. The summed E-state index contributed by atoms with van der Waals surface area (Å²) in [6.07, 6.45) is 4.16. The first kappa shape index (κ1) is 18.8. The number of benzene rings is 2. The molecule has 30 heavy (non-hydrogen) atoms. The monoisotopic (exact) mass is 403 g/mol. The van der Waals surface area contributed by atoms with Gasteiger partial charge in [-0.1, -0.05) is 18.2 Å². The molecule has 0 atom stereocenters. The van der Waals surface area contributed by atoms with Crippen LogP contribution >= 0.6 is 0 Å². The van der Waals surface area contributed by atoms with E-state index < -0.39 is 5.60 Å². The van der Waals surface area contributed by atoms with Crippen molar-refractivity contribution >= 4 is 27.6 Å². The molecule has 154 valence electrons. The van der Waals surface area contributed by atoms with Crippen molar-refractivity contribution in [3.63, 3.8) is 0 Å². The van der Waals surface area contributed by atoms with E-state index in [0.717, 1.165) is 46.0 Å². The summed E-state index contributed by atoms with van der Waals surface area (Å²) in [5.41, 5.74) is 8.29. The van der Waals surface area contributed by atoms with Gasteiger partial charge in [0.2, 0.25) is 0 Å². The van der Waals surface area contributed by atoms with Crippen LogP contribution in [0, 0.1) is 0 Å². The van der Waals surface area contributed by atoms with Crippen molar-refractivity contribution in [3.05, 3.63) is 42.7 Å². The standard InChI is InChI=1S/C23H25N5O2/c1-23(2,29-3)12-28-22-19(21(24)25-13-26-22)20(27-28)16-5-4-15-11-18(30-17-8-9-17)7-6-14(15)10-16/h4-7,10-11,13,17H,8-9,12H2,1-3H3,(H2,24,25,26). The van der Waals surface area contributed by atoms with Crippen molar-refractivity contribution in [2.24, 2.45) is 0 Å². The second kappa shape index (κ2) is 6.95. The van der Waals surface area contributed by atoms with Crippen molar-refractivity contribution in [1.29, 1.82) is 0 Å². The molecule has 0 amide bonds. The Morgan fingerprint density at radius 1 is 1.10 bits per heavy atom. The lowest BCUT2D eigenvalue weighted by Crippen LogP contribution is -2.29. The summed E-state index contributed by atoms with van der Waals surface area (Å²) in [6, 6.07) is 12.5. The number of ether oxygens (including phenoxy) is 2. The van der Waals surface area contributed by atoms with E-state index in [2.05, 4.69) is 40.3 Å². The Hall–Kier alpha value is -3.19. The molecule has 7 nitrogen and oxygen atoms in total. The SMILES string of the molecule is COC(C)(C)Cn1nc(-c2ccc3cc(OC4CC4)ccc3c2)c2c(N)ncnc21. The number of nitrogens with two attached hydrogens (primary N) is 1. The molecule has 0 saturated heterocycles. The van der Waals surface area contributed by atoms with Crippen LogP contribution in [0.1, 0.15) is 26.7 Å². The van der Waals surface area contributed by atoms with Gasteiger partial charge in [0, 0.05) is 12.7 Å². The fourth-order valence-corrected chi connectivity index (χ4v) is 3.59. The number of hydrogen-bond donors (Lipinski definition) is 1. The van der Waals surface area contributed by atoms with Crippen molar-refractivity contribution in [2.45, 2.75) is 44.9 Å². The summed E-state index contributed by atoms with van der Waals surface area (Å²) in [5, 5.41) is 7.86. The molecule has 1 aliphatic rings. The maximum Gasteiger partial charge on any atom is 0.164 e. The average molecular weight is 403 g/mol. The molecule has 2 N–H and O–H groups in total. The van der Waals surface area contributed by atoms with Crippen LogP contribution in [0.3, 0.4) is 0 Å². The molecule has 0 radical (unpaired) electrons. The Labute approximate surface area is 174 Å². The largest absolute Gasteiger partial charge is 0.490 e. The van der Waals surface area contributed by atoms with Crippen molar-refractivity contribution in [3.8, 4) is 17.0 Å². The lowest BCUT2D eigenvalue weighted by Gasteiger charge is -2.22. The van der Waals surface area contributed by atoms with Gasteiger partial charge < -0.3 is 15.2 Å². The molecule has 0 bridgehead atoms. The zero-order valence-electron chi connectivity index (χ0n) is 17.4. The third kappa shape index (κ3) is 3.45. The summed E-state index contributed by atoms with van der Waals surface area (Å²) in [5.74, 6) is 1.34. The number of nitrogens with zero attached hydrogens (tertiary/aromatic N) is 4. The minimum absolute atomic E-state index is 0.386. The Balaban J connectivity index is 1.60. The third-order valence-corrected chi connectivity index (χ3v) is 5.55. The van der Waals surface area contributed by atoms with Crippen LogP contribution in [0.4, 0.5) is 5.82 Å². The van der Waals surface area contributed by atoms with Crippen molar-refractivity contribution in [1.82, 2.24) is 19.7 Å². The Morgan fingerprint density at radius 3 is 2.63 bits per heavy atom. The molecule has 1 saturated carbocycles. The smallest absolute Gasteiger partial charge is 0.164 e. The predicted molar refractivity (Wildman–Crippen MR) is 117 cm³/mol. The molecule has 0 spiro atoms. The van der Waals surface area contributed by atoms with E-state index in [1.54, 1.807) is 7.11 Å². The predicted octanol–water partition coefficient (Wildman–Crippen LogP) is 4.19. The van der Waals surface area contributed by atoms with Crippen molar-refractivity contribution < 1.29 is 9.47 Å². The molecule has 1 aliphatic carbocycles. The van der Waals surface area contributed by atoms with Crippen LogP contribution in [0.15, 0.2) is 42.7 Å². The van der Waals surface area contributed by atoms with Gasteiger partial charge in [0.15, 0.2) is 5.65 Å². The van der Waals surface area contributed by atoms with Gasteiger partial charge in [-0.15, -0.1) is 0 Å². The average Bonchev–Trinajstić information content (AvgIpc) is 3.47. The van der Waals surface area contributed by atoms with Crippen LogP contribution in [0.25, 0.3) is 33.1 Å². The Morgan fingerprint density at radius 2 is 1.87 bits per heavy atom. The minimum atomic E-state index is -0.392. The molecule has 0 unspecified atom stereocenters. The van der Waals surface area contributed by atoms with E-state index in [1.807, 2.05) is 24.6 Å². The first-order valence-corrected chi connectivity index (χ1v) is 10.2. The van der Waals surface area contributed by atoms with Gasteiger partial charge in [0.05, 0.1) is 23.6 Å². The van der Waals surface area contributed by atoms with Gasteiger partial charge in [0.1, 0.15) is 23.6 Å². The number of nitrogen functional groups attached to an aromatic ring is 1. The molecule has 1 fully saturated rings. The highest BCUT2D eigenvalue weighted by Gasteiger charge is 2.24. The van der Waals surface area contributed by atoms with E-state index in [0.29, 0.717) is 24.1 Å². The highest BCUT2D eigenvalue weighted by Crippen LogP contribution is 2.34. The fourth-order valence-electron chi connectivity index (χ4n) is 3.59. The Bertz CT molecular complexity index is 1240. The summed E-state index contributed by atoms with van der Waals surface area (Å²) in [6.45, 7) is 4.58. The first-order chi connectivity index (χ1) is 14.4. The number of aromatic nitrogens is 4. The van der Waals surface area contributed by atoms with Gasteiger partial charge in [-0.25, -0.2) is 14.6 Å². The minimum Gasteiger partial charge on any atom is -0.490 e. The van der Waals surface area contributed by atoms with Crippen LogP contribution in [-0.2, 0) is 11.3 Å². The zero-order chi connectivity index (χ0) is 20.9. The van der Waals surface area contributed by atoms with Gasteiger partial charge in [-0.3, -0.25) is 0 Å². The zero-order valence-corrected chi connectivity index (χ0v) is 17.4. The summed E-state index contributed by atoms with van der Waals surface area (Å²) < 4.78 is 13.4. The Kier molecular flexibility index (Phi) is 4.36.